The van der Waals surface area contributed by atoms with Gasteiger partial charge in [0.15, 0.2) is 0 Å². The summed E-state index contributed by atoms with van der Waals surface area (Å²) in [5.41, 5.74) is 1.11. The summed E-state index contributed by atoms with van der Waals surface area (Å²) in [4.78, 5) is 0. The van der Waals surface area contributed by atoms with E-state index >= 15 is 0 Å². The van der Waals surface area contributed by atoms with Gasteiger partial charge in [-0.25, -0.2) is 0 Å². The first-order valence-electron chi connectivity index (χ1n) is 3.01. The molecule has 0 bridgehead atoms. The molecule has 3 heteroatoms. The van der Waals surface area contributed by atoms with Gasteiger partial charge in [0.1, 0.15) is 0 Å². The fourth-order valence-electron chi connectivity index (χ4n) is 0.758. The molecule has 0 saturated carbocycles. The molecule has 1 aromatic carbocycles. The zero-order valence-electron chi connectivity index (χ0n) is 5.50. The Balaban J connectivity index is 2.59. The molecular weight excluding hydrogens is 148 g/mol. The van der Waals surface area contributed by atoms with Gasteiger partial charge >= 0.3 is 0 Å². The van der Waals surface area contributed by atoms with Gasteiger partial charge in [0, 0.05) is 0 Å². The van der Waals surface area contributed by atoms with Crippen LogP contribution in [-0.4, -0.2) is 4.53 Å². The van der Waals surface area contributed by atoms with Crippen LogP contribution in [0, 0.1) is 0 Å². The molecule has 0 aromatic heterocycles. The van der Waals surface area contributed by atoms with Crippen LogP contribution in [0.3, 0.4) is 0 Å². The summed E-state index contributed by atoms with van der Waals surface area (Å²) in [5, 5.41) is 0. The van der Waals surface area contributed by atoms with Crippen molar-refractivity contribution in [2.45, 2.75) is 6.54 Å². The number of rotatable bonds is 2. The molecule has 54 valence electrons. The summed E-state index contributed by atoms with van der Waals surface area (Å²) in [6, 6.07) is 9.81. The monoisotopic (exact) mass is 156 g/mol. The maximum Gasteiger partial charge on any atom is 0.0544 e. The number of nitrogens with two attached hydrogens (primary N) is 1. The van der Waals surface area contributed by atoms with E-state index < -0.39 is 0 Å². The van der Waals surface area contributed by atoms with Gasteiger partial charge in [0.2, 0.25) is 0 Å². The maximum absolute atomic E-state index is 5.42. The summed E-state index contributed by atoms with van der Waals surface area (Å²) in [6.07, 6.45) is 0. The predicted octanol–water partition coefficient (Wildman–Crippen LogP) is 1.52. The molecule has 0 atom stereocenters. The molecular formula is C7H9ClN2. The van der Waals surface area contributed by atoms with Crippen molar-refractivity contribution in [3.63, 3.8) is 0 Å². The van der Waals surface area contributed by atoms with Gasteiger partial charge in [-0.1, -0.05) is 30.3 Å². The second-order valence-corrected chi connectivity index (χ2v) is 2.48. The molecule has 0 aliphatic heterocycles. The lowest BCUT2D eigenvalue weighted by Crippen LogP contribution is -2.18. The van der Waals surface area contributed by atoms with Crippen molar-refractivity contribution in [2.24, 2.45) is 5.84 Å². The van der Waals surface area contributed by atoms with Crippen molar-refractivity contribution in [2.75, 3.05) is 0 Å². The SMILES string of the molecule is NN(Cl)Cc1ccccc1. The summed E-state index contributed by atoms with van der Waals surface area (Å²) in [7, 11) is 0. The third-order valence-electron chi connectivity index (χ3n) is 1.18. The van der Waals surface area contributed by atoms with Crippen LogP contribution in [0.4, 0.5) is 0 Å². The Morgan fingerprint density at radius 3 is 2.40 bits per heavy atom. The number of benzene rings is 1. The summed E-state index contributed by atoms with van der Waals surface area (Å²) < 4.78 is 1.13. The lowest BCUT2D eigenvalue weighted by atomic mass is 10.2. The standard InChI is InChI=1S/C7H9ClN2/c8-10(9)6-7-4-2-1-3-5-7/h1-5H,6,9H2. The Kier molecular flexibility index (Phi) is 2.68. The number of nitrogens with zero attached hydrogens (tertiary/aromatic N) is 1. The van der Waals surface area contributed by atoms with Crippen molar-refractivity contribution in [1.29, 1.82) is 0 Å². The highest BCUT2D eigenvalue weighted by molar-refractivity contribution is 6.12. The van der Waals surface area contributed by atoms with Crippen molar-refractivity contribution in [1.82, 2.24) is 4.53 Å². The van der Waals surface area contributed by atoms with E-state index in [9.17, 15) is 0 Å². The fourth-order valence-corrected chi connectivity index (χ4v) is 0.896. The molecule has 1 aromatic rings. The van der Waals surface area contributed by atoms with Crippen LogP contribution >= 0.6 is 11.8 Å². The van der Waals surface area contributed by atoms with Crippen LogP contribution in [0.15, 0.2) is 30.3 Å². The van der Waals surface area contributed by atoms with E-state index in [1.165, 1.54) is 0 Å². The highest BCUT2D eigenvalue weighted by Gasteiger charge is 1.93. The number of hydrogen-bond donors (Lipinski definition) is 1. The lowest BCUT2D eigenvalue weighted by molar-refractivity contribution is 0.476. The second kappa shape index (κ2) is 3.56. The van der Waals surface area contributed by atoms with Crippen LogP contribution < -0.4 is 5.84 Å². The average Bonchev–Trinajstić information content (AvgIpc) is 1.88. The quantitative estimate of drug-likeness (QED) is 0.400. The van der Waals surface area contributed by atoms with Crippen molar-refractivity contribution < 1.29 is 0 Å². The highest BCUT2D eigenvalue weighted by atomic mass is 35.5. The van der Waals surface area contributed by atoms with Gasteiger partial charge in [-0.15, -0.1) is 0 Å². The van der Waals surface area contributed by atoms with E-state index in [2.05, 4.69) is 0 Å². The summed E-state index contributed by atoms with van der Waals surface area (Å²) in [5.74, 6) is 5.22. The van der Waals surface area contributed by atoms with Crippen molar-refractivity contribution >= 4 is 11.8 Å². The third kappa shape index (κ3) is 2.35. The smallest absolute Gasteiger partial charge is 0.0544 e. The maximum atomic E-state index is 5.42. The van der Waals surface area contributed by atoms with E-state index in [0.717, 1.165) is 10.1 Å². The number of halogens is 1. The minimum Gasteiger partial charge on any atom is -0.254 e. The molecule has 0 fully saturated rings. The summed E-state index contributed by atoms with van der Waals surface area (Å²) >= 11 is 5.42. The largest absolute Gasteiger partial charge is 0.254 e. The molecule has 0 saturated heterocycles. The van der Waals surface area contributed by atoms with Gasteiger partial charge in [0.25, 0.3) is 0 Å². The highest BCUT2D eigenvalue weighted by Crippen LogP contribution is 2.01. The van der Waals surface area contributed by atoms with Crippen molar-refractivity contribution in [3.05, 3.63) is 35.9 Å². The Labute approximate surface area is 65.3 Å². The molecule has 0 amide bonds. The molecule has 2 N–H and O–H groups in total. The minimum absolute atomic E-state index is 0.572. The van der Waals surface area contributed by atoms with Crippen LogP contribution in [0.25, 0.3) is 0 Å². The zero-order valence-corrected chi connectivity index (χ0v) is 6.25. The van der Waals surface area contributed by atoms with E-state index in [4.69, 9.17) is 17.6 Å². The topological polar surface area (TPSA) is 29.3 Å². The lowest BCUT2D eigenvalue weighted by Gasteiger charge is -2.04. The predicted molar refractivity (Wildman–Crippen MR) is 42.0 cm³/mol. The molecule has 0 radical (unpaired) electrons. The number of hydrazine groups is 1. The normalized spacial score (nSPS) is 10.3. The molecule has 0 heterocycles. The average molecular weight is 157 g/mol. The van der Waals surface area contributed by atoms with E-state index in [-0.39, 0.29) is 0 Å². The molecule has 1 rings (SSSR count). The Morgan fingerprint density at radius 2 is 1.90 bits per heavy atom. The Hall–Kier alpha value is -0.570. The molecule has 0 aliphatic carbocycles. The van der Waals surface area contributed by atoms with E-state index in [0.29, 0.717) is 6.54 Å². The first-order valence-corrected chi connectivity index (χ1v) is 3.35. The van der Waals surface area contributed by atoms with E-state index in [1.807, 2.05) is 30.3 Å². The van der Waals surface area contributed by atoms with Gasteiger partial charge in [-0.2, -0.15) is 4.53 Å². The number of hydrogen-bond acceptors (Lipinski definition) is 2. The first-order chi connectivity index (χ1) is 4.79. The fraction of sp³-hybridized carbons (Fsp3) is 0.143. The summed E-state index contributed by atoms with van der Waals surface area (Å²) in [6.45, 7) is 0.572. The van der Waals surface area contributed by atoms with Gasteiger partial charge < -0.3 is 0 Å². The Bertz CT molecular complexity index is 186. The second-order valence-electron chi connectivity index (χ2n) is 2.04. The van der Waals surface area contributed by atoms with Crippen LogP contribution in [-0.2, 0) is 6.54 Å². The molecule has 10 heavy (non-hydrogen) atoms. The molecule has 0 unspecified atom stereocenters. The molecule has 0 aliphatic rings. The first kappa shape index (κ1) is 7.54. The third-order valence-corrected chi connectivity index (χ3v) is 1.30. The van der Waals surface area contributed by atoms with E-state index in [1.54, 1.807) is 0 Å². The van der Waals surface area contributed by atoms with Crippen LogP contribution in [0.5, 0.6) is 0 Å². The van der Waals surface area contributed by atoms with Gasteiger partial charge in [0.05, 0.1) is 6.54 Å². The zero-order chi connectivity index (χ0) is 7.40. The van der Waals surface area contributed by atoms with Crippen LogP contribution in [0.1, 0.15) is 5.56 Å². The molecule has 2 nitrogen and oxygen atoms in total. The minimum atomic E-state index is 0.572. The van der Waals surface area contributed by atoms with Gasteiger partial charge in [-0.3, -0.25) is 5.84 Å². The van der Waals surface area contributed by atoms with Crippen molar-refractivity contribution in [3.8, 4) is 0 Å². The van der Waals surface area contributed by atoms with Gasteiger partial charge in [-0.05, 0) is 17.3 Å². The Morgan fingerprint density at radius 1 is 1.30 bits per heavy atom. The van der Waals surface area contributed by atoms with Crippen LogP contribution in [0.2, 0.25) is 0 Å². The molecule has 0 spiro atoms.